The summed E-state index contributed by atoms with van der Waals surface area (Å²) < 4.78 is 11.1. The molecule has 1 saturated heterocycles. The minimum Gasteiger partial charge on any atom is -0.494 e. The van der Waals surface area contributed by atoms with Gasteiger partial charge in [0.2, 0.25) is 0 Å². The first-order valence-electron chi connectivity index (χ1n) is 9.76. The number of anilines is 1. The summed E-state index contributed by atoms with van der Waals surface area (Å²) in [6.07, 6.45) is 3.39. The zero-order chi connectivity index (χ0) is 19.3. The molecule has 1 aliphatic heterocycles. The Bertz CT molecular complexity index is 884. The number of aryl methyl sites for hydroxylation is 2. The highest BCUT2D eigenvalue weighted by Gasteiger charge is 2.20. The number of piperidine rings is 1. The topological polar surface area (TPSA) is 77.2 Å². The van der Waals surface area contributed by atoms with Crippen molar-refractivity contribution in [3.8, 4) is 17.2 Å². The second kappa shape index (κ2) is 8.37. The Labute approximate surface area is 164 Å². The van der Waals surface area contributed by atoms with Crippen molar-refractivity contribution in [2.75, 3.05) is 24.6 Å². The van der Waals surface area contributed by atoms with Gasteiger partial charge in [0.25, 0.3) is 5.89 Å². The highest BCUT2D eigenvalue weighted by atomic mass is 16.5. The maximum atomic E-state index is 5.93. The molecule has 4 rings (SSSR count). The second-order valence-corrected chi connectivity index (χ2v) is 7.27. The molecule has 0 amide bonds. The molecule has 1 aliphatic rings. The first-order chi connectivity index (χ1) is 13.7. The fraction of sp³-hybridized carbons (Fsp3) is 0.429. The van der Waals surface area contributed by atoms with E-state index in [1.54, 1.807) is 0 Å². The fourth-order valence-electron chi connectivity index (χ4n) is 3.46. The third kappa shape index (κ3) is 4.47. The predicted octanol–water partition coefficient (Wildman–Crippen LogP) is 3.83. The van der Waals surface area contributed by atoms with Crippen LogP contribution in [0.25, 0.3) is 11.5 Å². The minimum atomic E-state index is 0.536. The van der Waals surface area contributed by atoms with Gasteiger partial charge in [-0.1, -0.05) is 5.16 Å². The molecule has 0 aliphatic carbocycles. The SMILES string of the molecule is Cc1ccc(N2CCC(CCOc3ccc(-c4nc(C)no4)cc3)CC2)nn1. The molecule has 0 saturated carbocycles. The van der Waals surface area contributed by atoms with Gasteiger partial charge in [-0.15, -0.1) is 5.10 Å². The number of nitrogens with zero attached hydrogens (tertiary/aromatic N) is 5. The molecule has 0 radical (unpaired) electrons. The van der Waals surface area contributed by atoms with E-state index in [-0.39, 0.29) is 0 Å². The van der Waals surface area contributed by atoms with E-state index in [1.807, 2.05) is 44.2 Å². The zero-order valence-corrected chi connectivity index (χ0v) is 16.3. The first kappa shape index (κ1) is 18.4. The predicted molar refractivity (Wildman–Crippen MR) is 106 cm³/mol. The molecule has 7 nitrogen and oxygen atoms in total. The van der Waals surface area contributed by atoms with Crippen LogP contribution in [0.4, 0.5) is 5.82 Å². The maximum Gasteiger partial charge on any atom is 0.257 e. The Kier molecular flexibility index (Phi) is 5.50. The Morgan fingerprint density at radius 1 is 1.04 bits per heavy atom. The lowest BCUT2D eigenvalue weighted by Crippen LogP contribution is -2.34. The monoisotopic (exact) mass is 379 g/mol. The van der Waals surface area contributed by atoms with Gasteiger partial charge in [-0.25, -0.2) is 0 Å². The van der Waals surface area contributed by atoms with Gasteiger partial charge in [-0.05, 0) is 75.4 Å². The van der Waals surface area contributed by atoms with Crippen molar-refractivity contribution in [1.82, 2.24) is 20.3 Å². The first-order valence-corrected chi connectivity index (χ1v) is 9.76. The van der Waals surface area contributed by atoms with E-state index >= 15 is 0 Å². The molecule has 0 bridgehead atoms. The number of hydrogen-bond donors (Lipinski definition) is 0. The second-order valence-electron chi connectivity index (χ2n) is 7.27. The van der Waals surface area contributed by atoms with Crippen LogP contribution in [0.2, 0.25) is 0 Å². The van der Waals surface area contributed by atoms with E-state index in [1.165, 1.54) is 0 Å². The number of ether oxygens (including phenoxy) is 1. The molecule has 7 heteroatoms. The number of rotatable bonds is 6. The van der Waals surface area contributed by atoms with Crippen molar-refractivity contribution in [2.45, 2.75) is 33.1 Å². The van der Waals surface area contributed by atoms with Crippen molar-refractivity contribution in [3.05, 3.63) is 47.9 Å². The third-order valence-corrected chi connectivity index (χ3v) is 5.15. The van der Waals surface area contributed by atoms with Crippen LogP contribution >= 0.6 is 0 Å². The fourth-order valence-corrected chi connectivity index (χ4v) is 3.46. The van der Waals surface area contributed by atoms with Crippen LogP contribution in [-0.2, 0) is 0 Å². The summed E-state index contributed by atoms with van der Waals surface area (Å²) in [7, 11) is 0. The number of hydrogen-bond acceptors (Lipinski definition) is 7. The molecule has 2 aromatic heterocycles. The normalized spacial score (nSPS) is 15.0. The lowest BCUT2D eigenvalue weighted by Gasteiger charge is -2.32. The summed E-state index contributed by atoms with van der Waals surface area (Å²) in [4.78, 5) is 6.56. The van der Waals surface area contributed by atoms with Crippen LogP contribution in [-0.4, -0.2) is 40.0 Å². The van der Waals surface area contributed by atoms with Gasteiger partial charge in [0.15, 0.2) is 11.6 Å². The Morgan fingerprint density at radius 2 is 1.82 bits per heavy atom. The smallest absolute Gasteiger partial charge is 0.257 e. The van der Waals surface area contributed by atoms with Gasteiger partial charge in [0, 0.05) is 18.7 Å². The zero-order valence-electron chi connectivity index (χ0n) is 16.3. The van der Waals surface area contributed by atoms with E-state index in [0.29, 0.717) is 17.6 Å². The van der Waals surface area contributed by atoms with Crippen molar-refractivity contribution in [1.29, 1.82) is 0 Å². The number of aromatic nitrogens is 4. The summed E-state index contributed by atoms with van der Waals surface area (Å²) in [5, 5.41) is 12.3. The van der Waals surface area contributed by atoms with Gasteiger partial charge in [-0.2, -0.15) is 10.1 Å². The minimum absolute atomic E-state index is 0.536. The van der Waals surface area contributed by atoms with Gasteiger partial charge in [0.05, 0.1) is 12.3 Å². The Hall–Kier alpha value is -2.96. The molecular formula is C21H25N5O2. The van der Waals surface area contributed by atoms with Gasteiger partial charge in [-0.3, -0.25) is 0 Å². The molecule has 0 atom stereocenters. The Morgan fingerprint density at radius 3 is 2.46 bits per heavy atom. The van der Waals surface area contributed by atoms with E-state index in [0.717, 1.165) is 61.8 Å². The largest absolute Gasteiger partial charge is 0.494 e. The lowest BCUT2D eigenvalue weighted by atomic mass is 9.94. The highest BCUT2D eigenvalue weighted by molar-refractivity contribution is 5.54. The van der Waals surface area contributed by atoms with Crippen LogP contribution in [0, 0.1) is 19.8 Å². The van der Waals surface area contributed by atoms with Crippen molar-refractivity contribution < 1.29 is 9.26 Å². The van der Waals surface area contributed by atoms with E-state index in [9.17, 15) is 0 Å². The van der Waals surface area contributed by atoms with Crippen molar-refractivity contribution in [3.63, 3.8) is 0 Å². The molecule has 3 aromatic rings. The molecule has 0 unspecified atom stereocenters. The summed E-state index contributed by atoms with van der Waals surface area (Å²) >= 11 is 0. The van der Waals surface area contributed by atoms with Crippen molar-refractivity contribution in [2.24, 2.45) is 5.92 Å². The molecule has 28 heavy (non-hydrogen) atoms. The molecule has 146 valence electrons. The van der Waals surface area contributed by atoms with Crippen LogP contribution in [0.3, 0.4) is 0 Å². The average Bonchev–Trinajstić information content (AvgIpc) is 3.16. The molecule has 1 aromatic carbocycles. The van der Waals surface area contributed by atoms with Crippen molar-refractivity contribution >= 4 is 5.82 Å². The molecule has 0 spiro atoms. The summed E-state index contributed by atoms with van der Waals surface area (Å²) in [5.41, 5.74) is 1.86. The standard InChI is InChI=1S/C21H25N5O2/c1-15-3-8-20(24-23-15)26-12-9-17(10-13-26)11-14-27-19-6-4-18(5-7-19)21-22-16(2)25-28-21/h3-8,17H,9-14H2,1-2H3. The number of benzene rings is 1. The highest BCUT2D eigenvalue weighted by Crippen LogP contribution is 2.25. The average molecular weight is 379 g/mol. The van der Waals surface area contributed by atoms with E-state index in [4.69, 9.17) is 9.26 Å². The summed E-state index contributed by atoms with van der Waals surface area (Å²) in [6.45, 7) is 6.56. The maximum absolute atomic E-state index is 5.93. The van der Waals surface area contributed by atoms with Crippen LogP contribution in [0.15, 0.2) is 40.9 Å². The van der Waals surface area contributed by atoms with Gasteiger partial charge < -0.3 is 14.2 Å². The van der Waals surface area contributed by atoms with E-state index in [2.05, 4.69) is 31.3 Å². The van der Waals surface area contributed by atoms with E-state index < -0.39 is 0 Å². The molecular weight excluding hydrogens is 354 g/mol. The van der Waals surface area contributed by atoms with Gasteiger partial charge >= 0.3 is 0 Å². The van der Waals surface area contributed by atoms with Crippen LogP contribution < -0.4 is 9.64 Å². The Balaban J connectivity index is 1.21. The molecule has 3 heterocycles. The summed E-state index contributed by atoms with van der Waals surface area (Å²) in [6, 6.07) is 11.9. The lowest BCUT2D eigenvalue weighted by molar-refractivity contribution is 0.258. The summed E-state index contributed by atoms with van der Waals surface area (Å²) in [5.74, 6) is 3.71. The van der Waals surface area contributed by atoms with Gasteiger partial charge in [0.1, 0.15) is 5.75 Å². The molecule has 1 fully saturated rings. The molecule has 0 N–H and O–H groups in total. The third-order valence-electron chi connectivity index (χ3n) is 5.15. The quantitative estimate of drug-likeness (QED) is 0.644. The van der Waals surface area contributed by atoms with Crippen LogP contribution in [0.1, 0.15) is 30.8 Å². The van der Waals surface area contributed by atoms with Crippen LogP contribution in [0.5, 0.6) is 5.75 Å².